The van der Waals surface area contributed by atoms with Gasteiger partial charge in [-0.25, -0.2) is 4.99 Å². The number of aliphatic imine (C=N–C) groups is 2. The molecule has 0 aliphatic carbocycles. The average Bonchev–Trinajstić information content (AvgIpc) is 3.35. The van der Waals surface area contributed by atoms with Crippen LogP contribution in [0.15, 0.2) is 59.6 Å². The van der Waals surface area contributed by atoms with Crippen molar-refractivity contribution in [3.05, 3.63) is 60.8 Å². The first-order chi connectivity index (χ1) is 13.1. The number of nitrogens with one attached hydrogen (secondary N) is 1. The number of hydrogen-bond acceptors (Lipinski definition) is 6. The molecular formula is C20H24N6S. The zero-order valence-electron chi connectivity index (χ0n) is 15.9. The van der Waals surface area contributed by atoms with E-state index in [2.05, 4.69) is 45.2 Å². The van der Waals surface area contributed by atoms with Crippen LogP contribution in [0.2, 0.25) is 0 Å². The Bertz CT molecular complexity index is 928. The molecule has 1 aliphatic rings. The summed E-state index contributed by atoms with van der Waals surface area (Å²) in [6, 6.07) is 2.03. The van der Waals surface area contributed by atoms with Gasteiger partial charge in [0.05, 0.1) is 17.6 Å². The molecule has 140 valence electrons. The van der Waals surface area contributed by atoms with Gasteiger partial charge in [-0.1, -0.05) is 19.1 Å². The van der Waals surface area contributed by atoms with Gasteiger partial charge in [0.2, 0.25) is 0 Å². The van der Waals surface area contributed by atoms with E-state index in [1.807, 2.05) is 54.6 Å². The van der Waals surface area contributed by atoms with Crippen molar-refractivity contribution in [1.82, 2.24) is 14.2 Å². The van der Waals surface area contributed by atoms with Gasteiger partial charge in [0.15, 0.2) is 5.84 Å². The fourth-order valence-corrected chi connectivity index (χ4v) is 3.24. The number of allylic oxidation sites excluding steroid dienone is 3. The lowest BCUT2D eigenvalue weighted by Gasteiger charge is -2.05. The van der Waals surface area contributed by atoms with Gasteiger partial charge in [-0.05, 0) is 43.4 Å². The lowest BCUT2D eigenvalue weighted by atomic mass is 10.1. The molecule has 6 nitrogen and oxygen atoms in total. The highest BCUT2D eigenvalue weighted by Crippen LogP contribution is 2.24. The minimum Gasteiger partial charge on any atom is -0.329 e. The van der Waals surface area contributed by atoms with Gasteiger partial charge in [-0.3, -0.25) is 9.67 Å². The van der Waals surface area contributed by atoms with E-state index in [1.165, 1.54) is 11.5 Å². The van der Waals surface area contributed by atoms with Gasteiger partial charge < -0.3 is 5.32 Å². The monoisotopic (exact) mass is 380 g/mol. The molecule has 3 rings (SSSR count). The maximum atomic E-state index is 4.62. The molecule has 1 aliphatic heterocycles. The normalized spacial score (nSPS) is 18.9. The van der Waals surface area contributed by atoms with E-state index in [-0.39, 0.29) is 5.92 Å². The first kappa shape index (κ1) is 19.0. The van der Waals surface area contributed by atoms with Crippen molar-refractivity contribution in [2.24, 2.45) is 9.98 Å². The summed E-state index contributed by atoms with van der Waals surface area (Å²) in [5, 5.41) is 8.63. The molecule has 0 amide bonds. The lowest BCUT2D eigenvalue weighted by Crippen LogP contribution is -2.19. The second-order valence-corrected chi connectivity index (χ2v) is 7.09. The van der Waals surface area contributed by atoms with Crippen molar-refractivity contribution in [2.75, 3.05) is 5.32 Å². The molecule has 27 heavy (non-hydrogen) atoms. The van der Waals surface area contributed by atoms with Crippen molar-refractivity contribution in [2.45, 2.75) is 39.7 Å². The first-order valence-corrected chi connectivity index (χ1v) is 9.73. The van der Waals surface area contributed by atoms with Crippen LogP contribution < -0.4 is 5.32 Å². The van der Waals surface area contributed by atoms with Gasteiger partial charge in [-0.2, -0.15) is 9.47 Å². The summed E-state index contributed by atoms with van der Waals surface area (Å²) < 4.78 is 6.39. The molecule has 7 heteroatoms. The summed E-state index contributed by atoms with van der Waals surface area (Å²) in [6.45, 7) is 10.8. The molecule has 1 atom stereocenters. The molecule has 2 aromatic rings. The Kier molecular flexibility index (Phi) is 6.13. The van der Waals surface area contributed by atoms with Crippen LogP contribution in [0.4, 0.5) is 5.00 Å². The third kappa shape index (κ3) is 4.68. The predicted octanol–water partition coefficient (Wildman–Crippen LogP) is 4.88. The van der Waals surface area contributed by atoms with Crippen LogP contribution in [0.1, 0.15) is 44.4 Å². The van der Waals surface area contributed by atoms with Gasteiger partial charge in [0, 0.05) is 36.6 Å². The van der Waals surface area contributed by atoms with Crippen LogP contribution in [-0.2, 0) is 6.54 Å². The van der Waals surface area contributed by atoms with Crippen molar-refractivity contribution in [3.63, 3.8) is 0 Å². The molecule has 3 heterocycles. The van der Waals surface area contributed by atoms with Crippen LogP contribution in [0.5, 0.6) is 0 Å². The SMILES string of the molecule is C=CC(C)c1cc(NC2=N/C=C\C/C(c3cnn(CC)c3)=C\N=C2C)sn1. The number of amidine groups is 1. The standard InChI is InChI=1S/C20H24N6S/c1-5-14(3)18-10-19(27-25-18)24-20-15(4)22-11-16(8-7-9-21-20)17-12-23-26(6-2)13-17/h5,7,9-14H,1,6,8H2,2-4H3,(H,21,24)/b9-7-,16-11+,22-15?. The third-order valence-electron chi connectivity index (χ3n) is 4.32. The Morgan fingerprint density at radius 1 is 1.41 bits per heavy atom. The molecule has 2 aromatic heterocycles. The Labute approximate surface area is 163 Å². The number of aromatic nitrogens is 3. The van der Waals surface area contributed by atoms with Crippen molar-refractivity contribution < 1.29 is 0 Å². The molecule has 0 radical (unpaired) electrons. The summed E-state index contributed by atoms with van der Waals surface area (Å²) in [7, 11) is 0. The second-order valence-electron chi connectivity index (χ2n) is 6.29. The number of nitrogens with zero attached hydrogens (tertiary/aromatic N) is 5. The summed E-state index contributed by atoms with van der Waals surface area (Å²) in [5.41, 5.74) is 4.01. The van der Waals surface area contributed by atoms with E-state index in [9.17, 15) is 0 Å². The third-order valence-corrected chi connectivity index (χ3v) is 5.04. The van der Waals surface area contributed by atoms with E-state index < -0.39 is 0 Å². The molecule has 0 aromatic carbocycles. The van der Waals surface area contributed by atoms with Crippen molar-refractivity contribution in [3.8, 4) is 0 Å². The van der Waals surface area contributed by atoms with Gasteiger partial charge in [0.1, 0.15) is 5.00 Å². The summed E-state index contributed by atoms with van der Waals surface area (Å²) >= 11 is 1.41. The van der Waals surface area contributed by atoms with Crippen LogP contribution in [-0.4, -0.2) is 25.7 Å². The Hall–Kier alpha value is -2.80. The minimum atomic E-state index is 0.225. The quantitative estimate of drug-likeness (QED) is 0.752. The van der Waals surface area contributed by atoms with E-state index in [0.717, 1.165) is 46.3 Å². The Balaban J connectivity index is 1.81. The maximum absolute atomic E-state index is 4.62. The molecule has 1 N–H and O–H groups in total. The second kappa shape index (κ2) is 8.73. The highest BCUT2D eigenvalue weighted by atomic mass is 32.1. The van der Waals surface area contributed by atoms with Gasteiger partial charge in [-0.15, -0.1) is 6.58 Å². The number of aryl methyl sites for hydroxylation is 1. The van der Waals surface area contributed by atoms with Crippen LogP contribution in [0.25, 0.3) is 5.57 Å². The fourth-order valence-electron chi connectivity index (χ4n) is 2.51. The van der Waals surface area contributed by atoms with E-state index >= 15 is 0 Å². The molecule has 1 unspecified atom stereocenters. The smallest absolute Gasteiger partial charge is 0.152 e. The number of rotatable bonds is 5. The lowest BCUT2D eigenvalue weighted by molar-refractivity contribution is 0.659. The largest absolute Gasteiger partial charge is 0.329 e. The fraction of sp³-hybridized carbons (Fsp3) is 0.300. The van der Waals surface area contributed by atoms with E-state index in [0.29, 0.717) is 0 Å². The van der Waals surface area contributed by atoms with Crippen LogP contribution >= 0.6 is 11.5 Å². The zero-order chi connectivity index (χ0) is 19.2. The van der Waals surface area contributed by atoms with Crippen LogP contribution in [0, 0.1) is 0 Å². The van der Waals surface area contributed by atoms with Gasteiger partial charge in [0.25, 0.3) is 0 Å². The zero-order valence-corrected chi connectivity index (χ0v) is 16.7. The molecule has 0 spiro atoms. The Morgan fingerprint density at radius 3 is 3.00 bits per heavy atom. The molecule has 0 saturated heterocycles. The molecule has 0 bridgehead atoms. The van der Waals surface area contributed by atoms with Crippen LogP contribution in [0.3, 0.4) is 0 Å². The first-order valence-electron chi connectivity index (χ1n) is 8.96. The summed E-state index contributed by atoms with van der Waals surface area (Å²) in [4.78, 5) is 9.17. The highest BCUT2D eigenvalue weighted by Gasteiger charge is 2.11. The average molecular weight is 381 g/mol. The predicted molar refractivity (Wildman–Crippen MR) is 115 cm³/mol. The van der Waals surface area contributed by atoms with Gasteiger partial charge >= 0.3 is 0 Å². The number of hydrogen-bond donors (Lipinski definition) is 1. The van der Waals surface area contributed by atoms with Crippen molar-refractivity contribution in [1.29, 1.82) is 0 Å². The molecule has 0 saturated carbocycles. The Morgan fingerprint density at radius 2 is 2.26 bits per heavy atom. The summed E-state index contributed by atoms with van der Waals surface area (Å²) in [5.74, 6) is 0.943. The number of anilines is 1. The maximum Gasteiger partial charge on any atom is 0.152 e. The topological polar surface area (TPSA) is 67.5 Å². The summed E-state index contributed by atoms with van der Waals surface area (Å²) in [6.07, 6.45) is 12.3. The van der Waals surface area contributed by atoms with E-state index in [1.54, 1.807) is 0 Å². The van der Waals surface area contributed by atoms with Crippen molar-refractivity contribution >= 4 is 33.7 Å². The molecular weight excluding hydrogens is 356 g/mol. The van der Waals surface area contributed by atoms with E-state index in [4.69, 9.17) is 0 Å². The molecule has 0 fully saturated rings. The highest BCUT2D eigenvalue weighted by molar-refractivity contribution is 7.10. The minimum absolute atomic E-state index is 0.225.